The van der Waals surface area contributed by atoms with Crippen LogP contribution in [0.1, 0.15) is 34.1 Å². The van der Waals surface area contributed by atoms with Crippen LogP contribution in [0.2, 0.25) is 0 Å². The largest absolute Gasteiger partial charge is 0.444 e. The van der Waals surface area contributed by atoms with Crippen molar-refractivity contribution < 1.29 is 13.9 Å². The van der Waals surface area contributed by atoms with Gasteiger partial charge in [-0.2, -0.15) is 11.8 Å². The molecule has 1 aliphatic heterocycles. The van der Waals surface area contributed by atoms with Crippen molar-refractivity contribution in [2.24, 2.45) is 0 Å². The Hall–Kier alpha value is -1.43. The highest BCUT2D eigenvalue weighted by Gasteiger charge is 2.22. The van der Waals surface area contributed by atoms with Crippen LogP contribution in [0.4, 0.5) is 20.6 Å². The molecule has 0 aliphatic carbocycles. The molecule has 0 radical (unpaired) electrons. The van der Waals surface area contributed by atoms with Crippen LogP contribution in [0.5, 0.6) is 0 Å². The predicted octanol–water partition coefficient (Wildman–Crippen LogP) is 4.48. The molecule has 1 aromatic rings. The molecule has 0 aromatic heterocycles. The quantitative estimate of drug-likeness (QED) is 0.860. The molecule has 2 rings (SSSR count). The van der Waals surface area contributed by atoms with Crippen LogP contribution in [-0.4, -0.2) is 28.7 Å². The van der Waals surface area contributed by atoms with Crippen LogP contribution < -0.4 is 10.6 Å². The minimum atomic E-state index is -0.659. The van der Waals surface area contributed by atoms with Gasteiger partial charge in [-0.05, 0) is 45.4 Å². The molecule has 1 heterocycles. The summed E-state index contributed by atoms with van der Waals surface area (Å²) in [6, 6.07) is 5.01. The van der Waals surface area contributed by atoms with Crippen molar-refractivity contribution >= 4 is 29.2 Å². The van der Waals surface area contributed by atoms with Gasteiger partial charge >= 0.3 is 6.09 Å². The second kappa shape index (κ2) is 6.77. The zero-order valence-electron chi connectivity index (χ0n) is 13.4. The van der Waals surface area contributed by atoms with E-state index in [2.05, 4.69) is 17.6 Å². The first-order chi connectivity index (χ1) is 10.2. The van der Waals surface area contributed by atoms with Gasteiger partial charge in [-0.1, -0.05) is 6.92 Å². The molecular weight excluding hydrogens is 303 g/mol. The summed E-state index contributed by atoms with van der Waals surface area (Å²) in [7, 11) is 0. The monoisotopic (exact) mass is 326 g/mol. The molecule has 2 atom stereocenters. The Morgan fingerprint density at radius 1 is 1.41 bits per heavy atom. The molecule has 1 aromatic carbocycles. The Morgan fingerprint density at radius 2 is 2.14 bits per heavy atom. The number of halogens is 1. The highest BCUT2D eigenvalue weighted by atomic mass is 32.2. The number of rotatable bonds is 3. The first-order valence-corrected chi connectivity index (χ1v) is 8.45. The van der Waals surface area contributed by atoms with E-state index in [-0.39, 0.29) is 5.69 Å². The van der Waals surface area contributed by atoms with Crippen LogP contribution in [0, 0.1) is 5.82 Å². The smallest absolute Gasteiger partial charge is 0.412 e. The summed E-state index contributed by atoms with van der Waals surface area (Å²) >= 11 is 1.92. The minimum absolute atomic E-state index is 0.123. The number of amides is 1. The molecule has 0 bridgehead atoms. The first kappa shape index (κ1) is 16.9. The standard InChI is InChI=1S/C16H23FN2O2S/c1-10-7-12(9-22-10)18-11-5-6-13(17)14(8-11)19-15(20)21-16(2,3)4/h5-6,8,10,12,18H,7,9H2,1-4H3,(H,19,20). The fourth-order valence-corrected chi connectivity index (χ4v) is 3.43. The lowest BCUT2D eigenvalue weighted by molar-refractivity contribution is 0.0635. The maximum absolute atomic E-state index is 13.8. The summed E-state index contributed by atoms with van der Waals surface area (Å²) in [6.45, 7) is 7.49. The van der Waals surface area contributed by atoms with Gasteiger partial charge < -0.3 is 10.1 Å². The van der Waals surface area contributed by atoms with Gasteiger partial charge in [-0.3, -0.25) is 5.32 Å². The van der Waals surface area contributed by atoms with Gasteiger partial charge in [0.05, 0.1) is 5.69 Å². The second-order valence-electron chi connectivity index (χ2n) is 6.54. The Labute approximate surface area is 135 Å². The fraction of sp³-hybridized carbons (Fsp3) is 0.562. The van der Waals surface area contributed by atoms with Crippen molar-refractivity contribution in [3.63, 3.8) is 0 Å². The second-order valence-corrected chi connectivity index (χ2v) is 8.01. The number of nitrogens with one attached hydrogen (secondary N) is 2. The molecular formula is C16H23FN2O2S. The number of anilines is 2. The number of carbonyl (C=O) groups is 1. The van der Waals surface area contributed by atoms with Crippen LogP contribution >= 0.6 is 11.8 Å². The molecule has 2 unspecified atom stereocenters. The lowest BCUT2D eigenvalue weighted by atomic mass is 10.2. The summed E-state index contributed by atoms with van der Waals surface area (Å²) in [5.74, 6) is 0.554. The maximum Gasteiger partial charge on any atom is 0.412 e. The third kappa shape index (κ3) is 5.09. The third-order valence-corrected chi connectivity index (χ3v) is 4.53. The molecule has 6 heteroatoms. The van der Waals surface area contributed by atoms with Crippen molar-refractivity contribution in [1.82, 2.24) is 0 Å². The Balaban J connectivity index is 2.02. The SMILES string of the molecule is CC1CC(Nc2ccc(F)c(NC(=O)OC(C)(C)C)c2)CS1. The summed E-state index contributed by atoms with van der Waals surface area (Å²) in [6.07, 6.45) is 0.422. The maximum atomic E-state index is 13.8. The van der Waals surface area contributed by atoms with Crippen molar-refractivity contribution in [3.8, 4) is 0 Å². The lowest BCUT2D eigenvalue weighted by Crippen LogP contribution is -2.27. The third-order valence-electron chi connectivity index (χ3n) is 3.17. The van der Waals surface area contributed by atoms with E-state index in [9.17, 15) is 9.18 Å². The highest BCUT2D eigenvalue weighted by molar-refractivity contribution is 8.00. The number of hydrogen-bond acceptors (Lipinski definition) is 4. The first-order valence-electron chi connectivity index (χ1n) is 7.40. The number of hydrogen-bond donors (Lipinski definition) is 2. The van der Waals surface area contributed by atoms with E-state index in [4.69, 9.17) is 4.74 Å². The number of benzene rings is 1. The highest BCUT2D eigenvalue weighted by Crippen LogP contribution is 2.29. The topological polar surface area (TPSA) is 50.4 Å². The van der Waals surface area contributed by atoms with E-state index in [1.54, 1.807) is 32.9 Å². The molecule has 1 saturated heterocycles. The molecule has 2 N–H and O–H groups in total. The van der Waals surface area contributed by atoms with Crippen LogP contribution in [0.15, 0.2) is 18.2 Å². The average molecular weight is 326 g/mol. The van der Waals surface area contributed by atoms with Gasteiger partial charge in [-0.15, -0.1) is 0 Å². The summed E-state index contributed by atoms with van der Waals surface area (Å²) < 4.78 is 19.0. The molecule has 122 valence electrons. The van der Waals surface area contributed by atoms with E-state index in [1.807, 2.05) is 11.8 Å². The molecule has 1 aliphatic rings. The van der Waals surface area contributed by atoms with E-state index in [0.29, 0.717) is 11.3 Å². The normalized spacial score (nSPS) is 21.5. The summed E-state index contributed by atoms with van der Waals surface area (Å²) in [4.78, 5) is 11.8. The molecule has 22 heavy (non-hydrogen) atoms. The Bertz CT molecular complexity index is 545. The lowest BCUT2D eigenvalue weighted by Gasteiger charge is -2.20. The van der Waals surface area contributed by atoms with Gasteiger partial charge in [0, 0.05) is 22.7 Å². The number of ether oxygens (including phenoxy) is 1. The summed E-state index contributed by atoms with van der Waals surface area (Å²) in [5.41, 5.74) is 0.304. The van der Waals surface area contributed by atoms with E-state index in [0.717, 1.165) is 17.9 Å². The van der Waals surface area contributed by atoms with Crippen molar-refractivity contribution in [3.05, 3.63) is 24.0 Å². The fourth-order valence-electron chi connectivity index (χ4n) is 2.28. The van der Waals surface area contributed by atoms with Crippen LogP contribution in [0.25, 0.3) is 0 Å². The van der Waals surface area contributed by atoms with Crippen molar-refractivity contribution in [2.45, 2.75) is 51.0 Å². The molecule has 1 amide bonds. The van der Waals surface area contributed by atoms with Crippen LogP contribution in [0.3, 0.4) is 0 Å². The van der Waals surface area contributed by atoms with E-state index >= 15 is 0 Å². The van der Waals surface area contributed by atoms with Gasteiger partial charge in [0.2, 0.25) is 0 Å². The number of carbonyl (C=O) groups excluding carboxylic acids is 1. The average Bonchev–Trinajstić information content (AvgIpc) is 2.76. The Morgan fingerprint density at radius 3 is 2.73 bits per heavy atom. The van der Waals surface area contributed by atoms with Crippen LogP contribution in [-0.2, 0) is 4.74 Å². The Kier molecular flexibility index (Phi) is 5.21. The van der Waals surface area contributed by atoms with Gasteiger partial charge in [-0.25, -0.2) is 9.18 Å². The van der Waals surface area contributed by atoms with Gasteiger partial charge in [0.15, 0.2) is 0 Å². The van der Waals surface area contributed by atoms with Gasteiger partial charge in [0.1, 0.15) is 11.4 Å². The molecule has 0 saturated carbocycles. The predicted molar refractivity (Wildman–Crippen MR) is 90.2 cm³/mol. The van der Waals surface area contributed by atoms with E-state index in [1.165, 1.54) is 6.07 Å². The van der Waals surface area contributed by atoms with Crippen molar-refractivity contribution in [2.75, 3.05) is 16.4 Å². The zero-order valence-corrected chi connectivity index (χ0v) is 14.2. The molecule has 4 nitrogen and oxygen atoms in total. The zero-order chi connectivity index (χ0) is 16.3. The van der Waals surface area contributed by atoms with Gasteiger partial charge in [0.25, 0.3) is 0 Å². The molecule has 0 spiro atoms. The summed E-state index contributed by atoms with van der Waals surface area (Å²) in [5, 5.41) is 6.48. The number of thioether (sulfide) groups is 1. The minimum Gasteiger partial charge on any atom is -0.444 e. The van der Waals surface area contributed by atoms with E-state index < -0.39 is 17.5 Å². The molecule has 1 fully saturated rings. The van der Waals surface area contributed by atoms with Crippen molar-refractivity contribution in [1.29, 1.82) is 0 Å².